The maximum Gasteiger partial charge on any atom is 0.253 e. The molecule has 0 aromatic heterocycles. The van der Waals surface area contributed by atoms with Gasteiger partial charge in [-0.15, -0.1) is 0 Å². The van der Waals surface area contributed by atoms with Gasteiger partial charge < -0.3 is 15.5 Å². The molecule has 0 bridgehead atoms. The Bertz CT molecular complexity index is 1140. The van der Waals surface area contributed by atoms with E-state index in [1.54, 1.807) is 4.90 Å². The van der Waals surface area contributed by atoms with Crippen LogP contribution >= 0.6 is 0 Å². The van der Waals surface area contributed by atoms with Crippen molar-refractivity contribution in [3.05, 3.63) is 58.7 Å². The van der Waals surface area contributed by atoms with Gasteiger partial charge in [-0.1, -0.05) is 38.1 Å². The van der Waals surface area contributed by atoms with Gasteiger partial charge in [-0.2, -0.15) is 0 Å². The first kappa shape index (κ1) is 22.8. The molecule has 0 atom stereocenters. The van der Waals surface area contributed by atoms with Gasteiger partial charge in [-0.25, -0.2) is 4.99 Å². The number of hydrogen-bond donors (Lipinski definition) is 1. The molecule has 2 aromatic rings. The minimum atomic E-state index is 0.0399. The number of rotatable bonds is 6. The molecule has 2 aliphatic rings. The van der Waals surface area contributed by atoms with E-state index in [4.69, 9.17) is 5.73 Å². The lowest BCUT2D eigenvalue weighted by atomic mass is 9.93. The summed E-state index contributed by atoms with van der Waals surface area (Å²) in [5.74, 6) is 0.556. The molecule has 0 radical (unpaired) electrons. The van der Waals surface area contributed by atoms with Gasteiger partial charge in [0.25, 0.3) is 5.91 Å². The molecule has 4 rings (SSSR count). The zero-order valence-corrected chi connectivity index (χ0v) is 19.7. The monoisotopic (exact) mass is 444 g/mol. The van der Waals surface area contributed by atoms with E-state index in [-0.39, 0.29) is 11.8 Å². The van der Waals surface area contributed by atoms with Gasteiger partial charge in [0.2, 0.25) is 5.91 Å². The van der Waals surface area contributed by atoms with Gasteiger partial charge in [0.1, 0.15) is 5.84 Å². The minimum Gasteiger partial charge on any atom is -0.387 e. The van der Waals surface area contributed by atoms with Crippen LogP contribution in [-0.2, 0) is 11.2 Å². The van der Waals surface area contributed by atoms with Gasteiger partial charge in [0.05, 0.1) is 5.69 Å². The number of carbonyl (C=O) groups excluding carboxylic acids is 2. The van der Waals surface area contributed by atoms with Crippen molar-refractivity contribution in [1.82, 2.24) is 9.80 Å². The van der Waals surface area contributed by atoms with Crippen LogP contribution in [0.5, 0.6) is 0 Å². The van der Waals surface area contributed by atoms with Crippen molar-refractivity contribution < 1.29 is 9.59 Å². The lowest BCUT2D eigenvalue weighted by Gasteiger charge is -2.25. The number of aliphatic imine (C=N–C) groups is 1. The average molecular weight is 445 g/mol. The highest BCUT2D eigenvalue weighted by atomic mass is 16.2. The Kier molecular flexibility index (Phi) is 6.63. The lowest BCUT2D eigenvalue weighted by Crippen LogP contribution is -2.34. The van der Waals surface area contributed by atoms with Crippen LogP contribution < -0.4 is 5.73 Å². The minimum absolute atomic E-state index is 0.0399. The summed E-state index contributed by atoms with van der Waals surface area (Å²) in [6.45, 7) is 6.37. The second kappa shape index (κ2) is 9.61. The predicted molar refractivity (Wildman–Crippen MR) is 134 cm³/mol. The zero-order chi connectivity index (χ0) is 23.5. The van der Waals surface area contributed by atoms with E-state index in [1.807, 2.05) is 48.4 Å². The van der Waals surface area contributed by atoms with Gasteiger partial charge in [-0.05, 0) is 54.2 Å². The van der Waals surface area contributed by atoms with Crippen LogP contribution in [0.1, 0.15) is 54.6 Å². The molecule has 172 valence electrons. The first-order valence-electron chi connectivity index (χ1n) is 11.8. The molecule has 0 fully saturated rings. The van der Waals surface area contributed by atoms with Gasteiger partial charge in [-0.3, -0.25) is 9.59 Å². The third kappa shape index (κ3) is 4.70. The fourth-order valence-corrected chi connectivity index (χ4v) is 4.55. The van der Waals surface area contributed by atoms with Crippen LogP contribution in [-0.4, -0.2) is 54.1 Å². The number of fused-ring (bicyclic) bond motifs is 2. The van der Waals surface area contributed by atoms with E-state index in [2.05, 4.69) is 24.9 Å². The number of nitrogens with two attached hydrogens (primary N) is 1. The van der Waals surface area contributed by atoms with Crippen LogP contribution in [0.2, 0.25) is 0 Å². The Balaban J connectivity index is 1.67. The Morgan fingerprint density at radius 2 is 1.79 bits per heavy atom. The fourth-order valence-electron chi connectivity index (χ4n) is 4.55. The fraction of sp³-hybridized carbons (Fsp3) is 0.370. The summed E-state index contributed by atoms with van der Waals surface area (Å²) in [6.07, 6.45) is 4.98. The molecule has 0 saturated heterocycles. The zero-order valence-electron chi connectivity index (χ0n) is 19.7. The van der Waals surface area contributed by atoms with E-state index in [9.17, 15) is 9.59 Å². The van der Waals surface area contributed by atoms with Crippen LogP contribution in [0.25, 0.3) is 17.2 Å². The Morgan fingerprint density at radius 3 is 2.52 bits per heavy atom. The number of amides is 2. The number of benzene rings is 2. The summed E-state index contributed by atoms with van der Waals surface area (Å²) in [5, 5.41) is 0. The van der Waals surface area contributed by atoms with Gasteiger partial charge in [0.15, 0.2) is 0 Å². The van der Waals surface area contributed by atoms with Crippen molar-refractivity contribution in [1.29, 1.82) is 0 Å². The number of nitrogens with zero attached hydrogens (tertiary/aromatic N) is 3. The second-order valence-electron chi connectivity index (χ2n) is 8.86. The molecule has 2 N–H and O–H groups in total. The standard InChI is InChI=1S/C27H32N4O2/c1-4-11-31(12-5-2)26(32)22-15-21-7-6-19(16-24(21)29-25(28)17-22)18-8-9-23-20(14-18)10-13-30(3)27(23)33/h6-9,14-16H,4-5,10-13,17H2,1-3H3,(H2,28,29). The molecule has 0 unspecified atom stereocenters. The molecular formula is C27H32N4O2. The molecular weight excluding hydrogens is 412 g/mol. The number of hydrogen-bond acceptors (Lipinski definition) is 4. The molecule has 33 heavy (non-hydrogen) atoms. The maximum absolute atomic E-state index is 13.2. The lowest BCUT2D eigenvalue weighted by molar-refractivity contribution is -0.127. The number of likely N-dealkylation sites (N-methyl/N-ethyl adjacent to an activating group) is 1. The molecule has 6 heteroatoms. The van der Waals surface area contributed by atoms with E-state index in [1.165, 1.54) is 0 Å². The van der Waals surface area contributed by atoms with Crippen LogP contribution in [0.4, 0.5) is 5.69 Å². The predicted octanol–water partition coefficient (Wildman–Crippen LogP) is 4.41. The van der Waals surface area contributed by atoms with Crippen LogP contribution in [0.15, 0.2) is 47.0 Å². The summed E-state index contributed by atoms with van der Waals surface area (Å²) >= 11 is 0. The molecule has 0 spiro atoms. The van der Waals surface area contributed by atoms with Gasteiger partial charge in [0, 0.05) is 49.8 Å². The molecule has 0 saturated carbocycles. The maximum atomic E-state index is 13.2. The molecule has 2 heterocycles. The average Bonchev–Trinajstić information content (AvgIpc) is 2.98. The van der Waals surface area contributed by atoms with Gasteiger partial charge >= 0.3 is 0 Å². The van der Waals surface area contributed by atoms with Crippen molar-refractivity contribution in [2.24, 2.45) is 10.7 Å². The molecule has 0 aliphatic carbocycles. The SMILES string of the molecule is CCCN(CCC)C(=O)C1=Cc2ccc(-c3ccc4c(c3)CCN(C)C4=O)cc2N=C(N)C1. The van der Waals surface area contributed by atoms with E-state index >= 15 is 0 Å². The second-order valence-corrected chi connectivity index (χ2v) is 8.86. The summed E-state index contributed by atoms with van der Waals surface area (Å²) in [4.78, 5) is 33.9. The summed E-state index contributed by atoms with van der Waals surface area (Å²) in [5.41, 5.74) is 12.5. The van der Waals surface area contributed by atoms with E-state index in [0.29, 0.717) is 17.8 Å². The Labute approximate surface area is 195 Å². The molecule has 6 nitrogen and oxygen atoms in total. The topological polar surface area (TPSA) is 79.0 Å². The Morgan fingerprint density at radius 1 is 1.09 bits per heavy atom. The summed E-state index contributed by atoms with van der Waals surface area (Å²) in [7, 11) is 1.84. The third-order valence-corrected chi connectivity index (χ3v) is 6.28. The highest BCUT2D eigenvalue weighted by molar-refractivity contribution is 6.05. The molecule has 2 aliphatic heterocycles. The van der Waals surface area contributed by atoms with Crippen molar-refractivity contribution >= 4 is 29.4 Å². The number of amidine groups is 1. The largest absolute Gasteiger partial charge is 0.387 e. The van der Waals surface area contributed by atoms with Crippen molar-refractivity contribution in [2.45, 2.75) is 39.5 Å². The molecule has 2 amide bonds. The molecule has 2 aromatic carbocycles. The van der Waals surface area contributed by atoms with Crippen LogP contribution in [0, 0.1) is 0 Å². The summed E-state index contributed by atoms with van der Waals surface area (Å²) in [6, 6.07) is 12.1. The third-order valence-electron chi connectivity index (χ3n) is 6.28. The number of carbonyl (C=O) groups is 2. The van der Waals surface area contributed by atoms with E-state index in [0.717, 1.165) is 72.4 Å². The van der Waals surface area contributed by atoms with Crippen molar-refractivity contribution in [3.8, 4) is 11.1 Å². The smallest absolute Gasteiger partial charge is 0.253 e. The summed E-state index contributed by atoms with van der Waals surface area (Å²) < 4.78 is 0. The normalized spacial score (nSPS) is 15.2. The Hall–Kier alpha value is -3.41. The van der Waals surface area contributed by atoms with Crippen LogP contribution in [0.3, 0.4) is 0 Å². The first-order chi connectivity index (χ1) is 15.9. The quantitative estimate of drug-likeness (QED) is 0.717. The highest BCUT2D eigenvalue weighted by Gasteiger charge is 2.23. The van der Waals surface area contributed by atoms with Crippen molar-refractivity contribution in [2.75, 3.05) is 26.7 Å². The van der Waals surface area contributed by atoms with E-state index < -0.39 is 0 Å². The highest BCUT2D eigenvalue weighted by Crippen LogP contribution is 2.33. The van der Waals surface area contributed by atoms with Crippen molar-refractivity contribution in [3.63, 3.8) is 0 Å². The first-order valence-corrected chi connectivity index (χ1v) is 11.8.